The van der Waals surface area contributed by atoms with Gasteiger partial charge in [-0.2, -0.15) is 0 Å². The van der Waals surface area contributed by atoms with Crippen LogP contribution in [-0.2, 0) is 33.3 Å². The molecule has 0 amide bonds. The average Bonchev–Trinajstić information content (AvgIpc) is 3.21. The molecule has 21 atom stereocenters. The molecule has 0 aromatic carbocycles. The second-order valence-corrected chi connectivity index (χ2v) is 21.1. The first-order valence-corrected chi connectivity index (χ1v) is 22.1. The number of hydrogen-bond acceptors (Lipinski definition) is 17. The Morgan fingerprint density at radius 3 is 1.92 bits per heavy atom. The third kappa shape index (κ3) is 7.24. The second-order valence-electron chi connectivity index (χ2n) is 21.1. The van der Waals surface area contributed by atoms with Gasteiger partial charge in [0.05, 0.1) is 44.1 Å². The Hall–Kier alpha value is -1.84. The van der Waals surface area contributed by atoms with Gasteiger partial charge < -0.3 is 74.7 Å². The van der Waals surface area contributed by atoms with Gasteiger partial charge in [-0.15, -0.1) is 0 Å². The van der Waals surface area contributed by atoms with Crippen LogP contribution in [0, 0.1) is 50.2 Å². The SMILES string of the molecule is CC(=O)OC[C@@]1(C)CC[C@]2(C(=O)O[C@@H]3O[C@H](CO)[C@@H](O)[C@H](O)[C@H]3O)CC[C@]3(C)C(=CCC4[C@@]5(C)C[C@H](O)[C@H](O[C@@H]6O[C@H](CO)[C@@H](O)[C@H](O)[C@H]6O)[C@@](C)(CO)C5CC[C@]43C)C2C1. The van der Waals surface area contributed by atoms with Gasteiger partial charge in [0.1, 0.15) is 48.8 Å². The molecule has 2 heterocycles. The van der Waals surface area contributed by atoms with Crippen LogP contribution in [0.15, 0.2) is 11.6 Å². The summed E-state index contributed by atoms with van der Waals surface area (Å²) in [6.45, 7) is 10.5. The molecule has 17 nitrogen and oxygen atoms in total. The van der Waals surface area contributed by atoms with Crippen LogP contribution in [0.1, 0.15) is 99.3 Å². The Kier molecular flexibility index (Phi) is 12.8. The molecule has 2 saturated heterocycles. The molecule has 0 spiro atoms. The van der Waals surface area contributed by atoms with Crippen molar-refractivity contribution in [1.29, 1.82) is 0 Å². The van der Waals surface area contributed by atoms with Crippen molar-refractivity contribution in [3.05, 3.63) is 11.6 Å². The first-order chi connectivity index (χ1) is 28.5. The summed E-state index contributed by atoms with van der Waals surface area (Å²) in [5.41, 5.74) is -2.89. The second kappa shape index (κ2) is 16.5. The Bertz CT molecular complexity index is 1680. The topological polar surface area (TPSA) is 283 Å². The van der Waals surface area contributed by atoms with Gasteiger partial charge in [-0.25, -0.2) is 0 Å². The lowest BCUT2D eigenvalue weighted by Crippen LogP contribution is -2.69. The van der Waals surface area contributed by atoms with E-state index in [-0.39, 0.29) is 42.8 Å². The van der Waals surface area contributed by atoms with Gasteiger partial charge >= 0.3 is 11.9 Å². The van der Waals surface area contributed by atoms with E-state index >= 15 is 0 Å². The highest BCUT2D eigenvalue weighted by atomic mass is 16.7. The van der Waals surface area contributed by atoms with E-state index in [0.717, 1.165) is 12.0 Å². The van der Waals surface area contributed by atoms with Crippen LogP contribution in [0.25, 0.3) is 0 Å². The number of carbonyl (C=O) groups excluding carboxylic acids is 2. The van der Waals surface area contributed by atoms with Gasteiger partial charge in [-0.05, 0) is 91.8 Å². The van der Waals surface area contributed by atoms with Crippen molar-refractivity contribution in [3.8, 4) is 0 Å². The van der Waals surface area contributed by atoms with Gasteiger partial charge in [0.15, 0.2) is 6.29 Å². The number of ether oxygens (including phenoxy) is 5. The molecule has 5 aliphatic carbocycles. The minimum atomic E-state index is -1.76. The monoisotopic (exact) mass is 870 g/mol. The van der Waals surface area contributed by atoms with Gasteiger partial charge in [0, 0.05) is 17.8 Å². The number of hydrogen-bond donors (Lipinski definition) is 10. The minimum Gasteiger partial charge on any atom is -0.465 e. The molecule has 348 valence electrons. The van der Waals surface area contributed by atoms with Crippen LogP contribution in [0.2, 0.25) is 0 Å². The highest BCUT2D eigenvalue weighted by molar-refractivity contribution is 5.79. The third-order valence-corrected chi connectivity index (χ3v) is 17.8. The van der Waals surface area contributed by atoms with Crippen LogP contribution >= 0.6 is 0 Å². The number of carbonyl (C=O) groups is 2. The van der Waals surface area contributed by atoms with E-state index in [1.54, 1.807) is 0 Å². The molecule has 3 unspecified atom stereocenters. The Morgan fingerprint density at radius 2 is 1.33 bits per heavy atom. The molecule has 0 radical (unpaired) electrons. The van der Waals surface area contributed by atoms with Crippen molar-refractivity contribution in [1.82, 2.24) is 0 Å². The molecule has 10 N–H and O–H groups in total. The van der Waals surface area contributed by atoms with Crippen molar-refractivity contribution in [2.75, 3.05) is 26.4 Å². The zero-order valence-electron chi connectivity index (χ0n) is 36.3. The number of aliphatic hydroxyl groups excluding tert-OH is 10. The zero-order chi connectivity index (χ0) is 44.8. The predicted molar refractivity (Wildman–Crippen MR) is 211 cm³/mol. The van der Waals surface area contributed by atoms with E-state index in [1.807, 2.05) is 6.92 Å². The van der Waals surface area contributed by atoms with Crippen LogP contribution in [0.5, 0.6) is 0 Å². The highest BCUT2D eigenvalue weighted by Gasteiger charge is 2.71. The summed E-state index contributed by atoms with van der Waals surface area (Å²) in [5, 5.41) is 106. The molecular weight excluding hydrogens is 800 g/mol. The molecule has 0 aromatic heterocycles. The summed E-state index contributed by atoms with van der Waals surface area (Å²) >= 11 is 0. The van der Waals surface area contributed by atoms with Gasteiger partial charge in [-0.1, -0.05) is 46.3 Å². The van der Waals surface area contributed by atoms with E-state index < -0.39 is 126 Å². The number of rotatable bonds is 9. The molecule has 7 aliphatic rings. The quantitative estimate of drug-likeness (QED) is 0.0816. The number of aliphatic hydroxyl groups is 10. The lowest BCUT2D eigenvalue weighted by atomic mass is 9.33. The van der Waals surface area contributed by atoms with Crippen LogP contribution in [-0.4, -0.2) is 163 Å². The molecule has 7 rings (SSSR count). The first-order valence-electron chi connectivity index (χ1n) is 22.1. The normalized spacial score (nSPS) is 53.3. The average molecular weight is 871 g/mol. The lowest BCUT2D eigenvalue weighted by Gasteiger charge is -2.72. The van der Waals surface area contributed by atoms with Crippen molar-refractivity contribution in [3.63, 3.8) is 0 Å². The van der Waals surface area contributed by atoms with Crippen molar-refractivity contribution < 1.29 is 84.3 Å². The van der Waals surface area contributed by atoms with Gasteiger partial charge in [0.25, 0.3) is 0 Å². The minimum absolute atomic E-state index is 0.00850. The number of fused-ring (bicyclic) bond motifs is 7. The molecule has 4 saturated carbocycles. The Labute approximate surface area is 357 Å². The molecule has 0 bridgehead atoms. The lowest BCUT2D eigenvalue weighted by molar-refractivity contribution is -0.345. The van der Waals surface area contributed by atoms with E-state index in [1.165, 1.54) is 6.92 Å². The summed E-state index contributed by atoms with van der Waals surface area (Å²) in [4.78, 5) is 26.8. The third-order valence-electron chi connectivity index (χ3n) is 17.8. The number of allylic oxidation sites excluding steroid dienone is 2. The maximum absolute atomic E-state index is 14.8. The maximum Gasteiger partial charge on any atom is 0.315 e. The summed E-state index contributed by atoms with van der Waals surface area (Å²) in [7, 11) is 0. The summed E-state index contributed by atoms with van der Waals surface area (Å²) < 4.78 is 29.2. The maximum atomic E-state index is 14.8. The molecular formula is C44H70O17. The largest absolute Gasteiger partial charge is 0.465 e. The summed E-state index contributed by atoms with van der Waals surface area (Å²) in [6, 6.07) is 0. The van der Waals surface area contributed by atoms with Crippen LogP contribution in [0.3, 0.4) is 0 Å². The first kappa shape index (κ1) is 47.1. The smallest absolute Gasteiger partial charge is 0.315 e. The molecule has 61 heavy (non-hydrogen) atoms. The van der Waals surface area contributed by atoms with Crippen molar-refractivity contribution in [2.24, 2.45) is 50.2 Å². The van der Waals surface area contributed by atoms with Crippen molar-refractivity contribution in [2.45, 2.75) is 173 Å². The predicted octanol–water partition coefficient (Wildman–Crippen LogP) is -0.197. The Balaban J connectivity index is 1.21. The summed E-state index contributed by atoms with van der Waals surface area (Å²) in [6.07, 6.45) is -10.9. The van der Waals surface area contributed by atoms with E-state index in [0.29, 0.717) is 44.9 Å². The fraction of sp³-hybridized carbons (Fsp3) is 0.909. The highest BCUT2D eigenvalue weighted by Crippen LogP contribution is 2.76. The van der Waals surface area contributed by atoms with Crippen LogP contribution in [0.4, 0.5) is 0 Å². The fourth-order valence-corrected chi connectivity index (χ4v) is 14.0. The molecule has 0 aromatic rings. The van der Waals surface area contributed by atoms with E-state index in [4.69, 9.17) is 23.7 Å². The van der Waals surface area contributed by atoms with Crippen molar-refractivity contribution >= 4 is 11.9 Å². The van der Waals surface area contributed by atoms with Crippen LogP contribution < -0.4 is 0 Å². The molecule has 6 fully saturated rings. The zero-order valence-corrected chi connectivity index (χ0v) is 36.3. The fourth-order valence-electron chi connectivity index (χ4n) is 14.0. The molecule has 17 heteroatoms. The standard InChI is InChI=1S/C44H70O17/c1-21(48)57-20-39(2)11-13-44(38(56)61-37-34(55)32(53)30(51)26(18-46)59-37)14-12-42(5)22(23(44)15-39)7-8-28-40(3)16-24(49)35(41(4,19-47)27(40)9-10-43(28,42)6)60-36-33(54)31(52)29(50)25(17-45)58-36/h7,23-37,45-47,49-55H,8-20H2,1-6H3/t23?,24-,25+,26+,27?,28?,29+,30+,31-,32-,33+,34+,35-,36-,37-,39-,40-,41-,42+,43+,44-/m0/s1. The summed E-state index contributed by atoms with van der Waals surface area (Å²) in [5.74, 6) is -1.58. The van der Waals surface area contributed by atoms with E-state index in [2.05, 4.69) is 33.8 Å². The Morgan fingerprint density at radius 1 is 0.738 bits per heavy atom. The van der Waals surface area contributed by atoms with E-state index in [9.17, 15) is 60.7 Å². The van der Waals surface area contributed by atoms with Gasteiger partial charge in [0.2, 0.25) is 6.29 Å². The molecule has 2 aliphatic heterocycles. The van der Waals surface area contributed by atoms with Gasteiger partial charge in [-0.3, -0.25) is 9.59 Å². The number of esters is 2.